The van der Waals surface area contributed by atoms with Crippen LogP contribution in [0.5, 0.6) is 17.2 Å². The van der Waals surface area contributed by atoms with Gasteiger partial charge in [0.1, 0.15) is 11.3 Å². The molecule has 1 aliphatic rings. The highest BCUT2D eigenvalue weighted by atomic mass is 16.7. The van der Waals surface area contributed by atoms with Crippen molar-refractivity contribution in [2.24, 2.45) is 0 Å². The molecule has 3 aromatic rings. The molecule has 0 saturated heterocycles. The van der Waals surface area contributed by atoms with Crippen LogP contribution in [0.2, 0.25) is 0 Å². The largest absolute Gasteiger partial charge is 0.506 e. The Bertz CT molecular complexity index is 1030. The SMILES string of the molecule is O=[N+]([O-])c1cc2c(cc1/C=C/c1ccc3cccc(O)c3n1)OCO2. The molecule has 0 aliphatic carbocycles. The number of para-hydroxylation sites is 1. The van der Waals surface area contributed by atoms with Gasteiger partial charge in [-0.2, -0.15) is 0 Å². The minimum Gasteiger partial charge on any atom is -0.506 e. The van der Waals surface area contributed by atoms with Gasteiger partial charge in [0.25, 0.3) is 5.69 Å². The van der Waals surface area contributed by atoms with Crippen molar-refractivity contribution < 1.29 is 19.5 Å². The second-order valence-corrected chi connectivity index (χ2v) is 5.44. The summed E-state index contributed by atoms with van der Waals surface area (Å²) >= 11 is 0. The third kappa shape index (κ3) is 2.72. The van der Waals surface area contributed by atoms with Crippen LogP contribution >= 0.6 is 0 Å². The molecule has 0 spiro atoms. The Balaban J connectivity index is 1.75. The number of aromatic hydroxyl groups is 1. The van der Waals surface area contributed by atoms with Crippen molar-refractivity contribution in [2.45, 2.75) is 0 Å². The molecule has 0 saturated carbocycles. The average Bonchev–Trinajstić information content (AvgIpc) is 3.07. The number of hydrogen-bond acceptors (Lipinski definition) is 6. The Labute approximate surface area is 141 Å². The van der Waals surface area contributed by atoms with E-state index in [-0.39, 0.29) is 18.2 Å². The van der Waals surface area contributed by atoms with Gasteiger partial charge in [0, 0.05) is 5.39 Å². The maximum atomic E-state index is 11.3. The Hall–Kier alpha value is -3.61. The number of aromatic nitrogens is 1. The summed E-state index contributed by atoms with van der Waals surface area (Å²) in [6.45, 7) is 0.0468. The fraction of sp³-hybridized carbons (Fsp3) is 0.0556. The molecule has 7 heteroatoms. The predicted molar refractivity (Wildman–Crippen MR) is 91.6 cm³/mol. The lowest BCUT2D eigenvalue weighted by molar-refractivity contribution is -0.385. The summed E-state index contributed by atoms with van der Waals surface area (Å²) in [6, 6.07) is 11.7. The number of benzene rings is 2. The summed E-state index contributed by atoms with van der Waals surface area (Å²) in [6.07, 6.45) is 3.24. The van der Waals surface area contributed by atoms with Gasteiger partial charge in [-0.05, 0) is 30.4 Å². The number of fused-ring (bicyclic) bond motifs is 2. The zero-order valence-corrected chi connectivity index (χ0v) is 12.9. The number of phenolic OH excluding ortho intramolecular Hbond substituents is 1. The van der Waals surface area contributed by atoms with Gasteiger partial charge in [-0.15, -0.1) is 0 Å². The summed E-state index contributed by atoms with van der Waals surface area (Å²) < 4.78 is 10.4. The van der Waals surface area contributed by atoms with Gasteiger partial charge in [0.2, 0.25) is 6.79 Å². The summed E-state index contributed by atoms with van der Waals surface area (Å²) in [4.78, 5) is 15.2. The van der Waals surface area contributed by atoms with E-state index >= 15 is 0 Å². The molecule has 0 bridgehead atoms. The number of nitrogens with zero attached hydrogens (tertiary/aromatic N) is 2. The second kappa shape index (κ2) is 5.79. The molecule has 0 fully saturated rings. The molecular formula is C18H12N2O5. The predicted octanol–water partition coefficient (Wildman–Crippen LogP) is 3.75. The Kier molecular flexibility index (Phi) is 3.46. The first-order valence-corrected chi connectivity index (χ1v) is 7.47. The molecule has 0 radical (unpaired) electrons. The van der Waals surface area contributed by atoms with E-state index in [0.29, 0.717) is 28.3 Å². The number of nitro groups is 1. The van der Waals surface area contributed by atoms with Crippen LogP contribution < -0.4 is 9.47 Å². The van der Waals surface area contributed by atoms with Crippen LogP contribution in [0.1, 0.15) is 11.3 Å². The van der Waals surface area contributed by atoms with E-state index in [1.165, 1.54) is 6.07 Å². The number of nitro benzene ring substituents is 1. The van der Waals surface area contributed by atoms with Gasteiger partial charge in [-0.3, -0.25) is 10.1 Å². The lowest BCUT2D eigenvalue weighted by Gasteiger charge is -2.02. The van der Waals surface area contributed by atoms with Gasteiger partial charge >= 0.3 is 0 Å². The first-order chi connectivity index (χ1) is 12.1. The highest BCUT2D eigenvalue weighted by Gasteiger charge is 2.22. The standard InChI is InChI=1S/C18H12N2O5/c21-15-3-1-2-11-4-6-13(19-18(11)15)7-5-12-8-16-17(25-10-24-16)9-14(12)20(22)23/h1-9,21H,10H2/b7-5+. The zero-order chi connectivity index (χ0) is 17.4. The topological polar surface area (TPSA) is 94.7 Å². The highest BCUT2D eigenvalue weighted by Crippen LogP contribution is 2.38. The second-order valence-electron chi connectivity index (χ2n) is 5.44. The summed E-state index contributed by atoms with van der Waals surface area (Å²) in [5.74, 6) is 0.911. The third-order valence-electron chi connectivity index (χ3n) is 3.87. The lowest BCUT2D eigenvalue weighted by atomic mass is 10.1. The normalized spacial score (nSPS) is 12.8. The molecule has 124 valence electrons. The molecule has 2 aromatic carbocycles. The van der Waals surface area contributed by atoms with E-state index in [0.717, 1.165) is 5.39 Å². The summed E-state index contributed by atoms with van der Waals surface area (Å²) in [5.41, 5.74) is 1.35. The molecule has 25 heavy (non-hydrogen) atoms. The Morgan fingerprint density at radius 2 is 1.92 bits per heavy atom. The molecule has 0 atom stereocenters. The minimum atomic E-state index is -0.471. The third-order valence-corrected chi connectivity index (χ3v) is 3.87. The van der Waals surface area contributed by atoms with Crippen LogP contribution in [0.3, 0.4) is 0 Å². The minimum absolute atomic E-state index is 0.0468. The number of hydrogen-bond donors (Lipinski definition) is 1. The Morgan fingerprint density at radius 1 is 1.12 bits per heavy atom. The van der Waals surface area contributed by atoms with Gasteiger partial charge in [0.05, 0.1) is 22.2 Å². The smallest absolute Gasteiger partial charge is 0.280 e. The van der Waals surface area contributed by atoms with Crippen LogP contribution in [-0.4, -0.2) is 21.8 Å². The van der Waals surface area contributed by atoms with E-state index in [1.54, 1.807) is 36.4 Å². The fourth-order valence-electron chi connectivity index (χ4n) is 2.65. The number of phenols is 1. The molecule has 1 N–H and O–H groups in total. The van der Waals surface area contributed by atoms with E-state index in [2.05, 4.69) is 4.98 Å². The van der Waals surface area contributed by atoms with Gasteiger partial charge in [-0.1, -0.05) is 18.2 Å². The van der Waals surface area contributed by atoms with E-state index in [1.807, 2.05) is 12.1 Å². The van der Waals surface area contributed by atoms with E-state index < -0.39 is 4.92 Å². The average molecular weight is 336 g/mol. The van der Waals surface area contributed by atoms with Crippen molar-refractivity contribution >= 4 is 28.7 Å². The monoisotopic (exact) mass is 336 g/mol. The first-order valence-electron chi connectivity index (χ1n) is 7.47. The molecule has 0 unspecified atom stereocenters. The van der Waals surface area contributed by atoms with E-state index in [4.69, 9.17) is 9.47 Å². The van der Waals surface area contributed by atoms with Crippen molar-refractivity contribution in [1.29, 1.82) is 0 Å². The van der Waals surface area contributed by atoms with Crippen LogP contribution in [0, 0.1) is 10.1 Å². The number of rotatable bonds is 3. The van der Waals surface area contributed by atoms with Crippen molar-refractivity contribution in [2.75, 3.05) is 6.79 Å². The molecule has 1 aliphatic heterocycles. The molecule has 7 nitrogen and oxygen atoms in total. The van der Waals surface area contributed by atoms with Crippen molar-refractivity contribution in [3.05, 3.63) is 63.8 Å². The Morgan fingerprint density at radius 3 is 2.72 bits per heavy atom. The van der Waals surface area contributed by atoms with Gasteiger partial charge < -0.3 is 14.6 Å². The fourth-order valence-corrected chi connectivity index (χ4v) is 2.65. The van der Waals surface area contributed by atoms with Crippen LogP contribution in [-0.2, 0) is 0 Å². The highest BCUT2D eigenvalue weighted by molar-refractivity contribution is 5.86. The molecule has 1 aromatic heterocycles. The zero-order valence-electron chi connectivity index (χ0n) is 12.9. The number of pyridine rings is 1. The van der Waals surface area contributed by atoms with Gasteiger partial charge in [-0.25, -0.2) is 4.98 Å². The van der Waals surface area contributed by atoms with Crippen LogP contribution in [0.4, 0.5) is 5.69 Å². The van der Waals surface area contributed by atoms with Crippen LogP contribution in [0.15, 0.2) is 42.5 Å². The van der Waals surface area contributed by atoms with Crippen molar-refractivity contribution in [3.8, 4) is 17.2 Å². The first kappa shape index (κ1) is 14.9. The summed E-state index contributed by atoms with van der Waals surface area (Å²) in [5, 5.41) is 22.0. The van der Waals surface area contributed by atoms with E-state index in [9.17, 15) is 15.2 Å². The molecule has 2 heterocycles. The quantitative estimate of drug-likeness (QED) is 0.578. The van der Waals surface area contributed by atoms with Crippen LogP contribution in [0.25, 0.3) is 23.1 Å². The van der Waals surface area contributed by atoms with Gasteiger partial charge in [0.15, 0.2) is 11.5 Å². The molecular weight excluding hydrogens is 324 g/mol. The maximum absolute atomic E-state index is 11.3. The molecule has 0 amide bonds. The maximum Gasteiger partial charge on any atom is 0.280 e. The summed E-state index contributed by atoms with van der Waals surface area (Å²) in [7, 11) is 0. The van der Waals surface area contributed by atoms with Crippen molar-refractivity contribution in [3.63, 3.8) is 0 Å². The van der Waals surface area contributed by atoms with Crippen molar-refractivity contribution in [1.82, 2.24) is 4.98 Å². The number of ether oxygens (including phenoxy) is 2. The molecule has 4 rings (SSSR count). The lowest BCUT2D eigenvalue weighted by Crippen LogP contribution is -1.93.